The van der Waals surface area contributed by atoms with Gasteiger partial charge in [0.1, 0.15) is 0 Å². The Morgan fingerprint density at radius 2 is 2.18 bits per heavy atom. The van der Waals surface area contributed by atoms with Gasteiger partial charge in [-0.3, -0.25) is 10.2 Å². The molecule has 90 valence electrons. The summed E-state index contributed by atoms with van der Waals surface area (Å²) in [5, 5.41) is 2.75. The van der Waals surface area contributed by atoms with Crippen molar-refractivity contribution in [3.05, 3.63) is 30.3 Å². The summed E-state index contributed by atoms with van der Waals surface area (Å²) in [7, 11) is 0. The topological polar surface area (TPSA) is 82.8 Å². The molecule has 0 saturated carbocycles. The van der Waals surface area contributed by atoms with Gasteiger partial charge in [0.05, 0.1) is 12.2 Å². The molecule has 1 saturated heterocycles. The van der Waals surface area contributed by atoms with Crippen LogP contribution in [-0.2, 0) is 4.79 Å². The van der Waals surface area contributed by atoms with Crippen molar-refractivity contribution in [2.75, 3.05) is 19.6 Å². The zero-order chi connectivity index (χ0) is 12.1. The van der Waals surface area contributed by atoms with Crippen molar-refractivity contribution < 1.29 is 4.79 Å². The minimum absolute atomic E-state index is 0.0211. The van der Waals surface area contributed by atoms with Crippen molar-refractivity contribution in [2.45, 2.75) is 0 Å². The fraction of sp³-hybridized carbons (Fsp3) is 0.273. The highest BCUT2D eigenvalue weighted by molar-refractivity contribution is 5.88. The quantitative estimate of drug-likeness (QED) is 0.266. The SMILES string of the molecule is NNC(=Nc1ccccc1)N1CCNC(=O)C1. The van der Waals surface area contributed by atoms with Crippen molar-refractivity contribution in [1.82, 2.24) is 15.6 Å². The summed E-state index contributed by atoms with van der Waals surface area (Å²) in [6.45, 7) is 1.58. The molecule has 17 heavy (non-hydrogen) atoms. The molecule has 0 aromatic heterocycles. The van der Waals surface area contributed by atoms with Crippen LogP contribution in [0.1, 0.15) is 0 Å². The molecule has 6 heteroatoms. The van der Waals surface area contributed by atoms with Gasteiger partial charge in [-0.15, -0.1) is 0 Å². The van der Waals surface area contributed by atoms with Gasteiger partial charge in [0.2, 0.25) is 11.9 Å². The van der Waals surface area contributed by atoms with Crippen LogP contribution in [0.2, 0.25) is 0 Å². The first-order valence-electron chi connectivity index (χ1n) is 5.41. The number of carbonyl (C=O) groups excluding carboxylic acids is 1. The second kappa shape index (κ2) is 5.31. The molecule has 2 rings (SSSR count). The van der Waals surface area contributed by atoms with Crippen molar-refractivity contribution in [1.29, 1.82) is 0 Å². The number of hydrazine groups is 1. The molecule has 4 N–H and O–H groups in total. The number of piperazine rings is 1. The Balaban J connectivity index is 2.15. The zero-order valence-corrected chi connectivity index (χ0v) is 9.39. The highest BCUT2D eigenvalue weighted by Gasteiger charge is 2.18. The highest BCUT2D eigenvalue weighted by Crippen LogP contribution is 2.10. The minimum Gasteiger partial charge on any atom is -0.353 e. The maximum atomic E-state index is 11.3. The van der Waals surface area contributed by atoms with Crippen LogP contribution in [0.4, 0.5) is 5.69 Å². The van der Waals surface area contributed by atoms with E-state index in [0.717, 1.165) is 5.69 Å². The van der Waals surface area contributed by atoms with Gasteiger partial charge >= 0.3 is 0 Å². The van der Waals surface area contributed by atoms with Crippen molar-refractivity contribution in [2.24, 2.45) is 10.8 Å². The summed E-state index contributed by atoms with van der Waals surface area (Å²) in [5.41, 5.74) is 3.33. The van der Waals surface area contributed by atoms with E-state index < -0.39 is 0 Å². The molecule has 1 fully saturated rings. The number of hydrogen-bond donors (Lipinski definition) is 3. The first-order valence-corrected chi connectivity index (χ1v) is 5.41. The number of aliphatic imine (C=N–C) groups is 1. The van der Waals surface area contributed by atoms with Crippen LogP contribution in [0.15, 0.2) is 35.3 Å². The Morgan fingerprint density at radius 1 is 1.41 bits per heavy atom. The lowest BCUT2D eigenvalue weighted by molar-refractivity contribution is -0.122. The van der Waals surface area contributed by atoms with Crippen LogP contribution < -0.4 is 16.6 Å². The van der Waals surface area contributed by atoms with E-state index in [1.807, 2.05) is 35.2 Å². The van der Waals surface area contributed by atoms with Gasteiger partial charge in [-0.25, -0.2) is 10.8 Å². The predicted molar refractivity (Wildman–Crippen MR) is 65.4 cm³/mol. The van der Waals surface area contributed by atoms with Crippen molar-refractivity contribution >= 4 is 17.6 Å². The number of carbonyl (C=O) groups is 1. The molecule has 0 unspecified atom stereocenters. The van der Waals surface area contributed by atoms with Crippen molar-refractivity contribution in [3.8, 4) is 0 Å². The third-order valence-corrected chi connectivity index (χ3v) is 2.46. The molecular formula is C11H15N5O. The van der Waals surface area contributed by atoms with E-state index >= 15 is 0 Å². The molecule has 0 bridgehead atoms. The van der Waals surface area contributed by atoms with Gasteiger partial charge in [-0.1, -0.05) is 18.2 Å². The lowest BCUT2D eigenvalue weighted by Crippen LogP contribution is -2.54. The van der Waals surface area contributed by atoms with E-state index in [1.165, 1.54) is 0 Å². The molecule has 1 heterocycles. The fourth-order valence-electron chi connectivity index (χ4n) is 1.64. The number of rotatable bonds is 1. The van der Waals surface area contributed by atoms with Crippen LogP contribution >= 0.6 is 0 Å². The van der Waals surface area contributed by atoms with Crippen LogP contribution in [0, 0.1) is 0 Å². The molecule has 0 radical (unpaired) electrons. The highest BCUT2D eigenvalue weighted by atomic mass is 16.2. The fourth-order valence-corrected chi connectivity index (χ4v) is 1.64. The number of nitrogens with two attached hydrogens (primary N) is 1. The Bertz CT molecular complexity index is 417. The first-order chi connectivity index (χ1) is 8.29. The summed E-state index contributed by atoms with van der Waals surface area (Å²) in [5.74, 6) is 5.93. The van der Waals surface area contributed by atoms with Gasteiger partial charge in [0.25, 0.3) is 0 Å². The number of nitrogens with one attached hydrogen (secondary N) is 2. The Hall–Kier alpha value is -2.08. The smallest absolute Gasteiger partial charge is 0.239 e. The first kappa shape index (κ1) is 11.4. The summed E-state index contributed by atoms with van der Waals surface area (Å²) >= 11 is 0. The van der Waals surface area contributed by atoms with Crippen LogP contribution in [-0.4, -0.2) is 36.4 Å². The van der Waals surface area contributed by atoms with E-state index in [4.69, 9.17) is 5.84 Å². The van der Waals surface area contributed by atoms with E-state index in [9.17, 15) is 4.79 Å². The Kier molecular flexibility index (Phi) is 3.56. The third kappa shape index (κ3) is 2.94. The molecular weight excluding hydrogens is 218 g/mol. The van der Waals surface area contributed by atoms with Gasteiger partial charge < -0.3 is 10.2 Å². The zero-order valence-electron chi connectivity index (χ0n) is 9.39. The number of amides is 1. The summed E-state index contributed by atoms with van der Waals surface area (Å²) in [4.78, 5) is 17.4. The second-order valence-corrected chi connectivity index (χ2v) is 3.69. The number of guanidine groups is 1. The van der Waals surface area contributed by atoms with E-state index in [1.54, 1.807) is 0 Å². The monoisotopic (exact) mass is 233 g/mol. The third-order valence-electron chi connectivity index (χ3n) is 2.46. The summed E-state index contributed by atoms with van der Waals surface area (Å²) < 4.78 is 0. The molecule has 1 amide bonds. The van der Waals surface area contributed by atoms with E-state index in [2.05, 4.69) is 15.7 Å². The lowest BCUT2D eigenvalue weighted by Gasteiger charge is -2.28. The number of hydrogen-bond acceptors (Lipinski definition) is 3. The second-order valence-electron chi connectivity index (χ2n) is 3.69. The average Bonchev–Trinajstić information content (AvgIpc) is 2.37. The number of para-hydroxylation sites is 1. The van der Waals surface area contributed by atoms with Gasteiger partial charge in [-0.2, -0.15) is 0 Å². The molecule has 0 aliphatic carbocycles. The molecule has 0 spiro atoms. The average molecular weight is 233 g/mol. The van der Waals surface area contributed by atoms with E-state index in [0.29, 0.717) is 19.0 Å². The Labute approximate surface area is 99.5 Å². The van der Waals surface area contributed by atoms with Gasteiger partial charge in [0.15, 0.2) is 0 Å². The number of benzene rings is 1. The molecule has 1 aliphatic rings. The lowest BCUT2D eigenvalue weighted by atomic mass is 10.3. The van der Waals surface area contributed by atoms with Crippen LogP contribution in [0.3, 0.4) is 0 Å². The number of nitrogens with zero attached hydrogens (tertiary/aromatic N) is 2. The largest absolute Gasteiger partial charge is 0.353 e. The molecule has 1 aromatic carbocycles. The Morgan fingerprint density at radius 3 is 2.82 bits per heavy atom. The maximum absolute atomic E-state index is 11.3. The maximum Gasteiger partial charge on any atom is 0.239 e. The normalized spacial score (nSPS) is 16.6. The molecule has 1 aliphatic heterocycles. The minimum atomic E-state index is -0.0211. The van der Waals surface area contributed by atoms with E-state index in [-0.39, 0.29) is 12.5 Å². The predicted octanol–water partition coefficient (Wildman–Crippen LogP) is -0.431. The van der Waals surface area contributed by atoms with Crippen LogP contribution in [0.5, 0.6) is 0 Å². The van der Waals surface area contributed by atoms with Gasteiger partial charge in [0, 0.05) is 13.1 Å². The molecule has 0 atom stereocenters. The van der Waals surface area contributed by atoms with Crippen LogP contribution in [0.25, 0.3) is 0 Å². The molecule has 1 aromatic rings. The summed E-state index contributed by atoms with van der Waals surface area (Å²) in [6.07, 6.45) is 0. The van der Waals surface area contributed by atoms with Gasteiger partial charge in [-0.05, 0) is 12.1 Å². The summed E-state index contributed by atoms with van der Waals surface area (Å²) in [6, 6.07) is 9.47. The van der Waals surface area contributed by atoms with Crippen molar-refractivity contribution in [3.63, 3.8) is 0 Å². The standard InChI is InChI=1S/C11H15N5O/c12-15-11(14-9-4-2-1-3-5-9)16-7-6-13-10(17)8-16/h1-5H,6-8,12H2,(H,13,17)(H,14,15). The molecule has 6 nitrogen and oxygen atoms in total.